The predicted octanol–water partition coefficient (Wildman–Crippen LogP) is 8.85. The monoisotopic (exact) mass is 647 g/mol. The van der Waals surface area contributed by atoms with Gasteiger partial charge in [-0.25, -0.2) is 9.97 Å². The van der Waals surface area contributed by atoms with E-state index in [9.17, 15) is 9.59 Å². The number of esters is 1. The molecule has 1 heterocycles. The summed E-state index contributed by atoms with van der Waals surface area (Å²) in [4.78, 5) is 35.2. The Hall–Kier alpha value is -2.00. The van der Waals surface area contributed by atoms with E-state index in [1.54, 1.807) is 4.90 Å². The standard InChI is InChI=1S/C33H47Cl2N3O4Si/c1-32(2,3)43(5,6)42-20-19-38(31(40)28-29(34)36-22-37-30(28)35)26-9-7-24(8-10-26)25-13-17-33(18-14-25)15-11-23(12-16-33)21-27(39)41-4/h7-10,22-23,25H,11-21H2,1-6H3. The fourth-order valence-corrected chi connectivity index (χ4v) is 7.93. The third-order valence-electron chi connectivity index (χ3n) is 10.4. The van der Waals surface area contributed by atoms with E-state index in [0.29, 0.717) is 36.8 Å². The second-order valence-corrected chi connectivity index (χ2v) is 19.5. The number of rotatable bonds is 9. The van der Waals surface area contributed by atoms with Gasteiger partial charge in [0.05, 0.1) is 13.7 Å². The third-order valence-corrected chi connectivity index (χ3v) is 15.5. The van der Waals surface area contributed by atoms with Crippen LogP contribution < -0.4 is 4.90 Å². The number of amides is 1. The third kappa shape index (κ3) is 8.18. The van der Waals surface area contributed by atoms with Crippen LogP contribution in [-0.2, 0) is 14.0 Å². The molecule has 10 heteroatoms. The molecule has 0 radical (unpaired) electrons. The maximum atomic E-state index is 13.8. The molecule has 2 aliphatic rings. The number of benzene rings is 1. The van der Waals surface area contributed by atoms with Crippen LogP contribution >= 0.6 is 23.2 Å². The van der Waals surface area contributed by atoms with Crippen LogP contribution in [0.3, 0.4) is 0 Å². The number of hydrogen-bond acceptors (Lipinski definition) is 6. The van der Waals surface area contributed by atoms with Crippen LogP contribution in [0, 0.1) is 11.3 Å². The highest BCUT2D eigenvalue weighted by Crippen LogP contribution is 2.52. The number of methoxy groups -OCH3 is 1. The molecule has 1 amide bonds. The second-order valence-electron chi connectivity index (χ2n) is 14.0. The highest BCUT2D eigenvalue weighted by molar-refractivity contribution is 6.74. The summed E-state index contributed by atoms with van der Waals surface area (Å²) in [5.74, 6) is 0.544. The zero-order valence-electron chi connectivity index (χ0n) is 26.6. The van der Waals surface area contributed by atoms with Crippen molar-refractivity contribution >= 4 is 49.1 Å². The van der Waals surface area contributed by atoms with E-state index >= 15 is 0 Å². The lowest BCUT2D eigenvalue weighted by molar-refractivity contribution is -0.142. The molecule has 0 unspecified atom stereocenters. The number of carbonyl (C=O) groups is 2. The minimum absolute atomic E-state index is 0.0346. The highest BCUT2D eigenvalue weighted by atomic mass is 35.5. The number of nitrogens with zero attached hydrogens (tertiary/aromatic N) is 3. The number of halogens is 2. The quantitative estimate of drug-likeness (QED) is 0.154. The van der Waals surface area contributed by atoms with E-state index < -0.39 is 8.32 Å². The van der Waals surface area contributed by atoms with Crippen molar-refractivity contribution in [1.29, 1.82) is 0 Å². The van der Waals surface area contributed by atoms with Crippen molar-refractivity contribution in [1.82, 2.24) is 9.97 Å². The Kier molecular flexibility index (Phi) is 11.0. The van der Waals surface area contributed by atoms with Gasteiger partial charge in [-0.3, -0.25) is 9.59 Å². The molecule has 1 aromatic heterocycles. The van der Waals surface area contributed by atoms with Crippen molar-refractivity contribution < 1.29 is 18.8 Å². The maximum absolute atomic E-state index is 13.8. The first-order valence-electron chi connectivity index (χ1n) is 15.5. The van der Waals surface area contributed by atoms with Crippen molar-refractivity contribution in [3.05, 3.63) is 52.0 Å². The van der Waals surface area contributed by atoms with Crippen molar-refractivity contribution in [2.45, 2.75) is 103 Å². The molecule has 4 rings (SSSR count). The van der Waals surface area contributed by atoms with Gasteiger partial charge >= 0.3 is 5.97 Å². The van der Waals surface area contributed by atoms with Gasteiger partial charge < -0.3 is 14.1 Å². The molecular formula is C33H47Cl2N3O4Si. The van der Waals surface area contributed by atoms with E-state index in [0.717, 1.165) is 31.4 Å². The largest absolute Gasteiger partial charge is 0.469 e. The van der Waals surface area contributed by atoms with Gasteiger partial charge in [-0.1, -0.05) is 56.1 Å². The van der Waals surface area contributed by atoms with Crippen LogP contribution in [0.1, 0.15) is 100 Å². The topological polar surface area (TPSA) is 81.6 Å². The molecule has 0 aliphatic heterocycles. The van der Waals surface area contributed by atoms with E-state index in [4.69, 9.17) is 32.4 Å². The van der Waals surface area contributed by atoms with Gasteiger partial charge in [-0.15, -0.1) is 0 Å². The van der Waals surface area contributed by atoms with Gasteiger partial charge in [0.25, 0.3) is 5.91 Å². The lowest BCUT2D eigenvalue weighted by Crippen LogP contribution is -2.43. The number of aromatic nitrogens is 2. The van der Waals surface area contributed by atoms with E-state index in [2.05, 4.69) is 56.0 Å². The molecule has 2 fully saturated rings. The first-order chi connectivity index (χ1) is 20.2. The molecule has 0 N–H and O–H groups in total. The molecule has 2 aliphatic carbocycles. The fraction of sp³-hybridized carbons (Fsp3) is 0.636. The maximum Gasteiger partial charge on any atom is 0.305 e. The molecule has 1 spiro atoms. The van der Waals surface area contributed by atoms with Gasteiger partial charge in [0.2, 0.25) is 0 Å². The Morgan fingerprint density at radius 3 is 2.07 bits per heavy atom. The molecule has 2 saturated carbocycles. The molecule has 0 saturated heterocycles. The van der Waals surface area contributed by atoms with Gasteiger partial charge in [0.15, 0.2) is 8.32 Å². The fourth-order valence-electron chi connectivity index (χ4n) is 6.42. The van der Waals surface area contributed by atoms with Crippen molar-refractivity contribution in [2.75, 3.05) is 25.2 Å². The second kappa shape index (κ2) is 14.0. The Balaban J connectivity index is 1.44. The summed E-state index contributed by atoms with van der Waals surface area (Å²) in [6.07, 6.45) is 11.3. The van der Waals surface area contributed by atoms with E-state index in [-0.39, 0.29) is 32.8 Å². The lowest BCUT2D eigenvalue weighted by Gasteiger charge is -2.45. The van der Waals surface area contributed by atoms with Crippen LogP contribution in [0.2, 0.25) is 28.4 Å². The smallest absolute Gasteiger partial charge is 0.305 e. The van der Waals surface area contributed by atoms with Gasteiger partial charge in [-0.2, -0.15) is 0 Å². The van der Waals surface area contributed by atoms with Crippen LogP contribution in [0.5, 0.6) is 0 Å². The summed E-state index contributed by atoms with van der Waals surface area (Å²) in [6.45, 7) is 11.8. The summed E-state index contributed by atoms with van der Waals surface area (Å²) in [7, 11) is -0.529. The predicted molar refractivity (Wildman–Crippen MR) is 176 cm³/mol. The van der Waals surface area contributed by atoms with Crippen LogP contribution in [0.4, 0.5) is 5.69 Å². The highest BCUT2D eigenvalue weighted by Gasteiger charge is 2.40. The summed E-state index contributed by atoms with van der Waals surface area (Å²) in [5.41, 5.74) is 2.59. The molecule has 2 aromatic rings. The first-order valence-corrected chi connectivity index (χ1v) is 19.2. The number of carbonyl (C=O) groups excluding carboxylic acids is 2. The molecular weight excluding hydrogens is 601 g/mol. The van der Waals surface area contributed by atoms with Crippen molar-refractivity contribution in [3.8, 4) is 0 Å². The first kappa shape index (κ1) is 33.9. The zero-order chi connectivity index (χ0) is 31.4. The lowest BCUT2D eigenvalue weighted by atomic mass is 9.60. The molecule has 0 atom stereocenters. The minimum atomic E-state index is -2.01. The normalized spacial score (nSPS) is 22.8. The van der Waals surface area contributed by atoms with Crippen LogP contribution in [0.25, 0.3) is 0 Å². The van der Waals surface area contributed by atoms with Gasteiger partial charge in [0, 0.05) is 18.7 Å². The molecule has 1 aromatic carbocycles. The average molecular weight is 649 g/mol. The Bertz CT molecular complexity index is 1240. The minimum Gasteiger partial charge on any atom is -0.469 e. The number of ether oxygens (including phenoxy) is 1. The summed E-state index contributed by atoms with van der Waals surface area (Å²) in [5, 5.41) is 0.129. The Labute approximate surface area is 268 Å². The van der Waals surface area contributed by atoms with E-state index in [1.165, 1.54) is 44.7 Å². The van der Waals surface area contributed by atoms with Gasteiger partial charge in [0.1, 0.15) is 22.2 Å². The number of hydrogen-bond donors (Lipinski definition) is 0. The molecule has 236 valence electrons. The molecule has 0 bridgehead atoms. The average Bonchev–Trinajstić information content (AvgIpc) is 2.96. The van der Waals surface area contributed by atoms with Crippen LogP contribution in [-0.4, -0.2) is 50.4 Å². The summed E-state index contributed by atoms with van der Waals surface area (Å²) < 4.78 is 11.3. The Morgan fingerprint density at radius 1 is 0.977 bits per heavy atom. The van der Waals surface area contributed by atoms with Crippen LogP contribution in [0.15, 0.2) is 30.6 Å². The van der Waals surface area contributed by atoms with E-state index in [1.807, 2.05) is 12.1 Å². The SMILES string of the molecule is COC(=O)CC1CCC2(CC1)CCC(c1ccc(N(CCO[Si](C)(C)C(C)(C)C)C(=O)c3c(Cl)ncnc3Cl)cc1)CC2. The van der Waals surface area contributed by atoms with Crippen molar-refractivity contribution in [3.63, 3.8) is 0 Å². The molecule has 43 heavy (non-hydrogen) atoms. The van der Waals surface area contributed by atoms with Gasteiger partial charge in [-0.05, 0) is 104 Å². The number of anilines is 1. The van der Waals surface area contributed by atoms with Crippen molar-refractivity contribution in [2.24, 2.45) is 11.3 Å². The summed E-state index contributed by atoms with van der Waals surface area (Å²) in [6, 6.07) is 8.36. The summed E-state index contributed by atoms with van der Waals surface area (Å²) >= 11 is 12.6. The Morgan fingerprint density at radius 2 is 1.53 bits per heavy atom. The molecule has 7 nitrogen and oxygen atoms in total. The zero-order valence-corrected chi connectivity index (χ0v) is 29.1.